The van der Waals surface area contributed by atoms with Gasteiger partial charge in [-0.3, -0.25) is 0 Å². The van der Waals surface area contributed by atoms with Crippen molar-refractivity contribution in [2.45, 2.75) is 32.9 Å². The maximum atomic E-state index is 6.15. The summed E-state index contributed by atoms with van der Waals surface area (Å²) in [5, 5.41) is 5.72. The molecule has 0 aliphatic rings. The molecule has 2 aromatic rings. The van der Waals surface area contributed by atoms with Crippen LogP contribution in [0.5, 0.6) is 0 Å². The van der Waals surface area contributed by atoms with Crippen molar-refractivity contribution in [3.8, 4) is 0 Å². The molecule has 4 nitrogen and oxygen atoms in total. The third-order valence-corrected chi connectivity index (χ3v) is 3.52. The van der Waals surface area contributed by atoms with Crippen molar-refractivity contribution in [1.82, 2.24) is 14.8 Å². The summed E-state index contributed by atoms with van der Waals surface area (Å²) in [5.74, 6) is 1.46. The van der Waals surface area contributed by atoms with E-state index in [1.54, 1.807) is 0 Å². The first-order valence-electron chi connectivity index (χ1n) is 6.10. The van der Waals surface area contributed by atoms with Crippen LogP contribution in [-0.2, 0) is 13.0 Å². The van der Waals surface area contributed by atoms with Crippen LogP contribution in [0.4, 0.5) is 0 Å². The van der Waals surface area contributed by atoms with Gasteiger partial charge in [0.1, 0.15) is 5.82 Å². The fourth-order valence-electron chi connectivity index (χ4n) is 1.89. The van der Waals surface area contributed by atoms with Crippen LogP contribution in [0.15, 0.2) is 18.2 Å². The molecule has 0 unspecified atom stereocenters. The fraction of sp³-hybridized carbons (Fsp3) is 0.385. The lowest BCUT2D eigenvalue weighted by Gasteiger charge is -2.07. The molecule has 1 aromatic heterocycles. The number of hydrogen-bond acceptors (Lipinski definition) is 3. The highest BCUT2D eigenvalue weighted by atomic mass is 35.5. The van der Waals surface area contributed by atoms with E-state index in [0.717, 1.165) is 11.4 Å². The van der Waals surface area contributed by atoms with E-state index in [4.69, 9.17) is 28.9 Å². The van der Waals surface area contributed by atoms with Crippen molar-refractivity contribution in [3.63, 3.8) is 0 Å². The average Bonchev–Trinajstić information content (AvgIpc) is 2.77. The zero-order valence-corrected chi connectivity index (χ0v) is 12.4. The van der Waals surface area contributed by atoms with Crippen LogP contribution in [-0.4, -0.2) is 14.8 Å². The van der Waals surface area contributed by atoms with E-state index < -0.39 is 0 Å². The number of hydrogen-bond donors (Lipinski definition) is 1. The van der Waals surface area contributed by atoms with Gasteiger partial charge in [0.05, 0.1) is 6.54 Å². The van der Waals surface area contributed by atoms with Crippen molar-refractivity contribution in [1.29, 1.82) is 0 Å². The van der Waals surface area contributed by atoms with Gasteiger partial charge >= 0.3 is 0 Å². The Balaban J connectivity index is 2.34. The third-order valence-electron chi connectivity index (χ3n) is 2.81. The molecule has 0 amide bonds. The minimum atomic E-state index is 0.224. The van der Waals surface area contributed by atoms with Crippen molar-refractivity contribution in [2.75, 3.05) is 0 Å². The van der Waals surface area contributed by atoms with Crippen LogP contribution in [0.2, 0.25) is 10.0 Å². The van der Waals surface area contributed by atoms with E-state index in [2.05, 4.69) is 10.1 Å². The molecular weight excluding hydrogens is 283 g/mol. The van der Waals surface area contributed by atoms with E-state index in [-0.39, 0.29) is 6.04 Å². The summed E-state index contributed by atoms with van der Waals surface area (Å²) >= 11 is 12.3. The SMILES string of the molecule is CC(C)n1nc(Cc2c(Cl)cccc2Cl)nc1CN. The molecule has 2 rings (SSSR count). The van der Waals surface area contributed by atoms with Crippen molar-refractivity contribution in [2.24, 2.45) is 5.73 Å². The monoisotopic (exact) mass is 298 g/mol. The largest absolute Gasteiger partial charge is 0.324 e. The van der Waals surface area contributed by atoms with Crippen molar-refractivity contribution < 1.29 is 0 Å². The summed E-state index contributed by atoms with van der Waals surface area (Å²) < 4.78 is 1.83. The normalized spacial score (nSPS) is 11.3. The first kappa shape index (κ1) is 14.3. The Kier molecular flexibility index (Phi) is 4.45. The van der Waals surface area contributed by atoms with Gasteiger partial charge in [-0.1, -0.05) is 29.3 Å². The number of benzene rings is 1. The van der Waals surface area contributed by atoms with Crippen molar-refractivity contribution >= 4 is 23.2 Å². The molecule has 0 spiro atoms. The third kappa shape index (κ3) is 3.08. The Hall–Kier alpha value is -1.10. The number of nitrogens with zero attached hydrogens (tertiary/aromatic N) is 3. The van der Waals surface area contributed by atoms with E-state index in [1.165, 1.54) is 0 Å². The second kappa shape index (κ2) is 5.90. The molecular formula is C13H16Cl2N4. The van der Waals surface area contributed by atoms with Gasteiger partial charge in [0.2, 0.25) is 0 Å². The van der Waals surface area contributed by atoms with Gasteiger partial charge in [-0.15, -0.1) is 0 Å². The first-order valence-corrected chi connectivity index (χ1v) is 6.85. The predicted octanol–water partition coefficient (Wildman–Crippen LogP) is 3.22. The zero-order chi connectivity index (χ0) is 14.0. The highest BCUT2D eigenvalue weighted by Gasteiger charge is 2.14. The molecule has 0 saturated carbocycles. The van der Waals surface area contributed by atoms with Gasteiger partial charge in [-0.05, 0) is 31.5 Å². The molecule has 0 bridgehead atoms. The number of halogens is 2. The van der Waals surface area contributed by atoms with Crippen LogP contribution >= 0.6 is 23.2 Å². The molecule has 1 aromatic carbocycles. The molecule has 6 heteroatoms. The smallest absolute Gasteiger partial charge is 0.155 e. The molecule has 2 N–H and O–H groups in total. The molecule has 102 valence electrons. The summed E-state index contributed by atoms with van der Waals surface area (Å²) in [6.07, 6.45) is 0.505. The molecule has 0 aliphatic carbocycles. The van der Waals surface area contributed by atoms with Gasteiger partial charge in [-0.2, -0.15) is 5.10 Å². The van der Waals surface area contributed by atoms with E-state index in [9.17, 15) is 0 Å². The van der Waals surface area contributed by atoms with E-state index in [1.807, 2.05) is 36.7 Å². The second-order valence-electron chi connectivity index (χ2n) is 4.56. The van der Waals surface area contributed by atoms with Gasteiger partial charge < -0.3 is 5.73 Å². The average molecular weight is 299 g/mol. The molecule has 0 saturated heterocycles. The molecule has 0 atom stereocenters. The Bertz CT molecular complexity index is 558. The summed E-state index contributed by atoms with van der Waals surface area (Å²) in [4.78, 5) is 4.44. The van der Waals surface area contributed by atoms with Crippen LogP contribution in [0.25, 0.3) is 0 Å². The maximum absolute atomic E-state index is 6.15. The van der Waals surface area contributed by atoms with Crippen LogP contribution < -0.4 is 5.73 Å². The number of nitrogens with two attached hydrogens (primary N) is 1. The van der Waals surface area contributed by atoms with Gasteiger partial charge in [0, 0.05) is 22.5 Å². The molecule has 19 heavy (non-hydrogen) atoms. The first-order chi connectivity index (χ1) is 9.02. The topological polar surface area (TPSA) is 56.7 Å². The summed E-state index contributed by atoms with van der Waals surface area (Å²) in [6, 6.07) is 5.67. The second-order valence-corrected chi connectivity index (χ2v) is 5.38. The minimum Gasteiger partial charge on any atom is -0.324 e. The lowest BCUT2D eigenvalue weighted by atomic mass is 10.1. The molecule has 0 aliphatic heterocycles. The number of aromatic nitrogens is 3. The summed E-state index contributed by atoms with van der Waals surface area (Å²) in [6.45, 7) is 4.45. The Morgan fingerprint density at radius 1 is 1.26 bits per heavy atom. The Morgan fingerprint density at radius 3 is 2.37 bits per heavy atom. The maximum Gasteiger partial charge on any atom is 0.155 e. The highest BCUT2D eigenvalue weighted by Crippen LogP contribution is 2.26. The lowest BCUT2D eigenvalue weighted by Crippen LogP contribution is -2.11. The van der Waals surface area contributed by atoms with E-state index in [0.29, 0.717) is 28.8 Å². The quantitative estimate of drug-likeness (QED) is 0.943. The van der Waals surface area contributed by atoms with Crippen LogP contribution in [0.1, 0.15) is 37.1 Å². The Labute approximate surface area is 122 Å². The van der Waals surface area contributed by atoms with Crippen LogP contribution in [0, 0.1) is 0 Å². The number of rotatable bonds is 4. The summed E-state index contributed by atoms with van der Waals surface area (Å²) in [7, 11) is 0. The zero-order valence-electron chi connectivity index (χ0n) is 10.9. The summed E-state index contributed by atoms with van der Waals surface area (Å²) in [5.41, 5.74) is 6.52. The molecule has 0 radical (unpaired) electrons. The lowest BCUT2D eigenvalue weighted by molar-refractivity contribution is 0.503. The van der Waals surface area contributed by atoms with Gasteiger partial charge in [0.15, 0.2) is 5.82 Å². The standard InChI is InChI=1S/C13H16Cl2N4/c1-8(2)19-13(7-16)17-12(18-19)6-9-10(14)4-3-5-11(9)15/h3-5,8H,6-7,16H2,1-2H3. The predicted molar refractivity (Wildman–Crippen MR) is 77.6 cm³/mol. The Morgan fingerprint density at radius 2 is 1.89 bits per heavy atom. The van der Waals surface area contributed by atoms with Crippen LogP contribution in [0.3, 0.4) is 0 Å². The van der Waals surface area contributed by atoms with Gasteiger partial charge in [0.25, 0.3) is 0 Å². The highest BCUT2D eigenvalue weighted by molar-refractivity contribution is 6.36. The molecule has 1 heterocycles. The van der Waals surface area contributed by atoms with Gasteiger partial charge in [-0.25, -0.2) is 9.67 Å². The fourth-order valence-corrected chi connectivity index (χ4v) is 2.42. The van der Waals surface area contributed by atoms with E-state index >= 15 is 0 Å². The molecule has 0 fully saturated rings. The van der Waals surface area contributed by atoms with Crippen molar-refractivity contribution in [3.05, 3.63) is 45.5 Å². The minimum absolute atomic E-state index is 0.224.